The molecule has 1 fully saturated rings. The van der Waals surface area contributed by atoms with Gasteiger partial charge in [-0.15, -0.1) is 0 Å². The van der Waals surface area contributed by atoms with Crippen molar-refractivity contribution >= 4 is 22.5 Å². The van der Waals surface area contributed by atoms with Gasteiger partial charge in [0.1, 0.15) is 0 Å². The van der Waals surface area contributed by atoms with Gasteiger partial charge in [-0.25, -0.2) is 4.98 Å². The molecule has 1 aliphatic heterocycles. The summed E-state index contributed by atoms with van der Waals surface area (Å²) in [7, 11) is 0. The fourth-order valence-corrected chi connectivity index (χ4v) is 2.36. The smallest absolute Gasteiger partial charge is 0.261 e. The van der Waals surface area contributed by atoms with Gasteiger partial charge in [-0.3, -0.25) is 9.36 Å². The third-order valence-electron chi connectivity index (χ3n) is 3.06. The molecule has 0 bridgehead atoms. The third kappa shape index (κ3) is 1.73. The van der Waals surface area contributed by atoms with Crippen molar-refractivity contribution in [2.24, 2.45) is 0 Å². The number of halogens is 1. The Morgan fingerprint density at radius 1 is 1.47 bits per heavy atom. The number of para-hydroxylation sites is 1. The molecule has 0 aliphatic carbocycles. The molecule has 4 nitrogen and oxygen atoms in total. The summed E-state index contributed by atoms with van der Waals surface area (Å²) in [6.07, 6.45) is 2.42. The maximum Gasteiger partial charge on any atom is 0.261 e. The van der Waals surface area contributed by atoms with E-state index in [9.17, 15) is 4.79 Å². The lowest BCUT2D eigenvalue weighted by molar-refractivity contribution is 0.186. The molecule has 17 heavy (non-hydrogen) atoms. The topological polar surface area (TPSA) is 44.1 Å². The standard InChI is InChI=1S/C12H11ClN2O2/c13-10-3-1-2-9-11(10)14-7-15(12(9)16)8-4-5-17-6-8/h1-3,7-8H,4-6H2/t8-/m0/s1. The Labute approximate surface area is 103 Å². The monoisotopic (exact) mass is 250 g/mol. The molecule has 1 saturated heterocycles. The summed E-state index contributed by atoms with van der Waals surface area (Å²) >= 11 is 6.01. The van der Waals surface area contributed by atoms with E-state index in [1.165, 1.54) is 0 Å². The van der Waals surface area contributed by atoms with E-state index in [1.807, 2.05) is 0 Å². The third-order valence-corrected chi connectivity index (χ3v) is 3.37. The minimum absolute atomic E-state index is 0.0481. The van der Waals surface area contributed by atoms with Crippen LogP contribution in [0.25, 0.3) is 10.9 Å². The van der Waals surface area contributed by atoms with E-state index >= 15 is 0 Å². The van der Waals surface area contributed by atoms with Crippen molar-refractivity contribution in [1.82, 2.24) is 9.55 Å². The second kappa shape index (κ2) is 4.13. The van der Waals surface area contributed by atoms with E-state index < -0.39 is 0 Å². The van der Waals surface area contributed by atoms with Crippen LogP contribution in [-0.4, -0.2) is 22.8 Å². The summed E-state index contributed by atoms with van der Waals surface area (Å²) < 4.78 is 6.93. The molecule has 1 aromatic carbocycles. The molecule has 2 aromatic rings. The van der Waals surface area contributed by atoms with Crippen molar-refractivity contribution in [2.45, 2.75) is 12.5 Å². The van der Waals surface area contributed by atoms with Crippen molar-refractivity contribution in [1.29, 1.82) is 0 Å². The van der Waals surface area contributed by atoms with Crippen LogP contribution in [0.2, 0.25) is 5.02 Å². The first kappa shape index (κ1) is 10.7. The fourth-order valence-electron chi connectivity index (χ4n) is 2.13. The predicted octanol–water partition coefficient (Wildman–Crippen LogP) is 2.01. The fraction of sp³-hybridized carbons (Fsp3) is 0.333. The zero-order chi connectivity index (χ0) is 11.8. The van der Waals surface area contributed by atoms with Crippen molar-refractivity contribution in [3.8, 4) is 0 Å². The van der Waals surface area contributed by atoms with Crippen LogP contribution in [0.5, 0.6) is 0 Å². The number of benzene rings is 1. The lowest BCUT2D eigenvalue weighted by Crippen LogP contribution is -2.25. The minimum Gasteiger partial charge on any atom is -0.379 e. The number of ether oxygens (including phenoxy) is 1. The van der Waals surface area contributed by atoms with E-state index in [1.54, 1.807) is 29.1 Å². The van der Waals surface area contributed by atoms with Crippen molar-refractivity contribution in [2.75, 3.05) is 13.2 Å². The molecule has 1 atom stereocenters. The SMILES string of the molecule is O=c1c2cccc(Cl)c2ncn1[C@H]1CCOC1. The lowest BCUT2D eigenvalue weighted by Gasteiger charge is -2.12. The number of fused-ring (bicyclic) bond motifs is 1. The van der Waals surface area contributed by atoms with E-state index in [2.05, 4.69) is 4.98 Å². The molecule has 0 radical (unpaired) electrons. The summed E-state index contributed by atoms with van der Waals surface area (Å²) in [5, 5.41) is 1.07. The quantitative estimate of drug-likeness (QED) is 0.778. The van der Waals surface area contributed by atoms with Gasteiger partial charge in [0, 0.05) is 6.61 Å². The highest BCUT2D eigenvalue weighted by Crippen LogP contribution is 2.21. The zero-order valence-electron chi connectivity index (χ0n) is 9.10. The van der Waals surface area contributed by atoms with Crippen LogP contribution in [0.3, 0.4) is 0 Å². The maximum atomic E-state index is 12.3. The molecular formula is C12H11ClN2O2. The Morgan fingerprint density at radius 2 is 2.35 bits per heavy atom. The van der Waals surface area contributed by atoms with Crippen LogP contribution in [0, 0.1) is 0 Å². The summed E-state index contributed by atoms with van der Waals surface area (Å²) in [5.41, 5.74) is 0.516. The molecule has 1 aliphatic rings. The van der Waals surface area contributed by atoms with Crippen LogP contribution in [0.4, 0.5) is 0 Å². The number of aromatic nitrogens is 2. The molecule has 5 heteroatoms. The highest BCUT2D eigenvalue weighted by atomic mass is 35.5. The van der Waals surface area contributed by atoms with E-state index in [0.29, 0.717) is 29.1 Å². The molecule has 0 unspecified atom stereocenters. The van der Waals surface area contributed by atoms with Gasteiger partial charge in [0.15, 0.2) is 0 Å². The van der Waals surface area contributed by atoms with Gasteiger partial charge >= 0.3 is 0 Å². The van der Waals surface area contributed by atoms with E-state index in [-0.39, 0.29) is 11.6 Å². The Kier molecular flexibility index (Phi) is 2.61. The highest BCUT2D eigenvalue weighted by Gasteiger charge is 2.19. The first-order valence-corrected chi connectivity index (χ1v) is 5.88. The molecule has 0 N–H and O–H groups in total. The van der Waals surface area contributed by atoms with Crippen LogP contribution in [0.1, 0.15) is 12.5 Å². The highest BCUT2D eigenvalue weighted by molar-refractivity contribution is 6.34. The Balaban J connectivity index is 2.22. The first-order valence-electron chi connectivity index (χ1n) is 5.50. The second-order valence-electron chi connectivity index (χ2n) is 4.11. The largest absolute Gasteiger partial charge is 0.379 e. The second-order valence-corrected chi connectivity index (χ2v) is 4.52. The van der Waals surface area contributed by atoms with Crippen LogP contribution in [-0.2, 0) is 4.74 Å². The molecule has 1 aromatic heterocycles. The van der Waals surface area contributed by atoms with Crippen molar-refractivity contribution < 1.29 is 4.74 Å². The van der Waals surface area contributed by atoms with Gasteiger partial charge < -0.3 is 4.74 Å². The van der Waals surface area contributed by atoms with Crippen molar-refractivity contribution in [3.05, 3.63) is 39.9 Å². The average Bonchev–Trinajstić information content (AvgIpc) is 2.84. The van der Waals surface area contributed by atoms with Gasteiger partial charge in [-0.05, 0) is 18.6 Å². The number of nitrogens with zero attached hydrogens (tertiary/aromatic N) is 2. The normalized spacial score (nSPS) is 19.9. The van der Waals surface area contributed by atoms with Gasteiger partial charge in [0.2, 0.25) is 0 Å². The van der Waals surface area contributed by atoms with Gasteiger partial charge in [-0.1, -0.05) is 17.7 Å². The number of hydrogen-bond donors (Lipinski definition) is 0. The van der Waals surface area contributed by atoms with E-state index in [0.717, 1.165) is 6.42 Å². The van der Waals surface area contributed by atoms with Gasteiger partial charge in [0.05, 0.1) is 34.9 Å². The molecular weight excluding hydrogens is 240 g/mol. The average molecular weight is 251 g/mol. The molecule has 88 valence electrons. The minimum atomic E-state index is -0.0481. The number of hydrogen-bond acceptors (Lipinski definition) is 3. The molecule has 3 rings (SSSR count). The molecule has 0 amide bonds. The Morgan fingerprint density at radius 3 is 3.12 bits per heavy atom. The van der Waals surface area contributed by atoms with Crippen LogP contribution < -0.4 is 5.56 Å². The summed E-state index contributed by atoms with van der Waals surface area (Å²) in [6, 6.07) is 5.35. The number of rotatable bonds is 1. The van der Waals surface area contributed by atoms with Crippen LogP contribution in [0.15, 0.2) is 29.3 Å². The molecule has 0 spiro atoms. The summed E-state index contributed by atoms with van der Waals surface area (Å²) in [4.78, 5) is 16.5. The first-order chi connectivity index (χ1) is 8.27. The Hall–Kier alpha value is -1.39. The zero-order valence-corrected chi connectivity index (χ0v) is 9.85. The maximum absolute atomic E-state index is 12.3. The summed E-state index contributed by atoms with van der Waals surface area (Å²) in [5.74, 6) is 0. The lowest BCUT2D eigenvalue weighted by atomic mass is 10.2. The molecule has 0 saturated carbocycles. The van der Waals surface area contributed by atoms with Gasteiger partial charge in [-0.2, -0.15) is 0 Å². The van der Waals surface area contributed by atoms with Crippen LogP contribution >= 0.6 is 11.6 Å². The van der Waals surface area contributed by atoms with Crippen molar-refractivity contribution in [3.63, 3.8) is 0 Å². The predicted molar refractivity (Wildman–Crippen MR) is 65.5 cm³/mol. The Bertz CT molecular complexity index is 617. The summed E-state index contributed by atoms with van der Waals surface area (Å²) in [6.45, 7) is 1.28. The molecule has 2 heterocycles. The van der Waals surface area contributed by atoms with Gasteiger partial charge in [0.25, 0.3) is 5.56 Å². The van der Waals surface area contributed by atoms with E-state index in [4.69, 9.17) is 16.3 Å².